The van der Waals surface area contributed by atoms with Crippen LogP contribution in [0.15, 0.2) is 41.5 Å². The van der Waals surface area contributed by atoms with Gasteiger partial charge in [-0.15, -0.1) is 0 Å². The van der Waals surface area contributed by atoms with Gasteiger partial charge in [0.2, 0.25) is 0 Å². The molecule has 0 saturated carbocycles. The van der Waals surface area contributed by atoms with Gasteiger partial charge in [0.15, 0.2) is 11.5 Å². The standard InChI is InChI=1S/C13H11IN2O3/c14-9-1-3-10(4-2-9)16-15-7-8-5-12(18)13(19)6-11(8)17/h1-7,16-19H. The van der Waals surface area contributed by atoms with Crippen LogP contribution in [-0.2, 0) is 0 Å². The minimum Gasteiger partial charge on any atom is -0.507 e. The van der Waals surface area contributed by atoms with Gasteiger partial charge in [-0.05, 0) is 52.9 Å². The Balaban J connectivity index is 2.11. The average molecular weight is 370 g/mol. The molecule has 0 aromatic heterocycles. The number of phenols is 3. The second-order valence-electron chi connectivity index (χ2n) is 3.78. The lowest BCUT2D eigenvalue weighted by Gasteiger charge is -2.03. The molecule has 6 heteroatoms. The van der Waals surface area contributed by atoms with Crippen molar-refractivity contribution in [2.75, 3.05) is 5.43 Å². The molecule has 19 heavy (non-hydrogen) atoms. The first-order chi connectivity index (χ1) is 9.06. The monoisotopic (exact) mass is 370 g/mol. The lowest BCUT2D eigenvalue weighted by atomic mass is 10.2. The Hall–Kier alpha value is -1.96. The Morgan fingerprint density at radius 3 is 2.26 bits per heavy atom. The topological polar surface area (TPSA) is 85.1 Å². The van der Waals surface area contributed by atoms with Crippen molar-refractivity contribution in [1.82, 2.24) is 0 Å². The summed E-state index contributed by atoms with van der Waals surface area (Å²) in [6, 6.07) is 9.89. The molecule has 0 saturated heterocycles. The fourth-order valence-corrected chi connectivity index (χ4v) is 1.75. The molecule has 0 aliphatic carbocycles. The number of nitrogens with zero attached hydrogens (tertiary/aromatic N) is 1. The lowest BCUT2D eigenvalue weighted by Crippen LogP contribution is -1.91. The van der Waals surface area contributed by atoms with Crippen LogP contribution in [0.2, 0.25) is 0 Å². The third-order valence-corrected chi connectivity index (χ3v) is 3.08. The van der Waals surface area contributed by atoms with Crippen LogP contribution in [0.4, 0.5) is 5.69 Å². The number of halogens is 1. The van der Waals surface area contributed by atoms with Gasteiger partial charge in [-0.1, -0.05) is 0 Å². The number of aromatic hydroxyl groups is 3. The van der Waals surface area contributed by atoms with Crippen LogP contribution in [0, 0.1) is 3.57 Å². The van der Waals surface area contributed by atoms with Gasteiger partial charge in [0.1, 0.15) is 5.75 Å². The fraction of sp³-hybridized carbons (Fsp3) is 0. The molecular weight excluding hydrogens is 359 g/mol. The quantitative estimate of drug-likeness (QED) is 0.220. The van der Waals surface area contributed by atoms with Gasteiger partial charge in [0.25, 0.3) is 0 Å². The zero-order valence-electron chi connectivity index (χ0n) is 9.71. The minimum absolute atomic E-state index is 0.163. The summed E-state index contributed by atoms with van der Waals surface area (Å²) in [5, 5.41) is 32.0. The van der Waals surface area contributed by atoms with Gasteiger partial charge in [-0.3, -0.25) is 5.43 Å². The molecule has 5 nitrogen and oxygen atoms in total. The van der Waals surface area contributed by atoms with E-state index in [1.807, 2.05) is 24.3 Å². The second-order valence-corrected chi connectivity index (χ2v) is 5.02. The van der Waals surface area contributed by atoms with E-state index in [1.54, 1.807) is 0 Å². The first-order valence-corrected chi connectivity index (χ1v) is 6.44. The molecule has 0 spiro atoms. The Morgan fingerprint density at radius 2 is 1.58 bits per heavy atom. The molecule has 4 N–H and O–H groups in total. The molecule has 0 amide bonds. The number of phenolic OH excluding ortho intramolecular Hbond substituents is 3. The smallest absolute Gasteiger partial charge is 0.161 e. The Bertz CT molecular complexity index is 612. The summed E-state index contributed by atoms with van der Waals surface area (Å²) in [6.45, 7) is 0. The number of hydrogen-bond acceptors (Lipinski definition) is 5. The van der Waals surface area contributed by atoms with Crippen LogP contribution in [0.1, 0.15) is 5.56 Å². The zero-order valence-corrected chi connectivity index (χ0v) is 11.9. The summed E-state index contributed by atoms with van der Waals surface area (Å²) >= 11 is 2.20. The first kappa shape index (κ1) is 13.5. The van der Waals surface area contributed by atoms with Crippen LogP contribution in [0.25, 0.3) is 0 Å². The van der Waals surface area contributed by atoms with Gasteiger partial charge < -0.3 is 15.3 Å². The van der Waals surface area contributed by atoms with Crippen LogP contribution < -0.4 is 5.43 Å². The Kier molecular flexibility index (Phi) is 4.10. The van der Waals surface area contributed by atoms with E-state index in [0.29, 0.717) is 5.56 Å². The molecule has 98 valence electrons. The maximum atomic E-state index is 9.56. The van der Waals surface area contributed by atoms with E-state index >= 15 is 0 Å². The first-order valence-electron chi connectivity index (χ1n) is 5.36. The lowest BCUT2D eigenvalue weighted by molar-refractivity contribution is 0.396. The van der Waals surface area contributed by atoms with E-state index in [2.05, 4.69) is 33.1 Å². The van der Waals surface area contributed by atoms with Crippen LogP contribution in [-0.4, -0.2) is 21.5 Å². The van der Waals surface area contributed by atoms with Crippen molar-refractivity contribution in [3.8, 4) is 17.2 Å². The molecule has 2 aromatic carbocycles. The highest BCUT2D eigenvalue weighted by atomic mass is 127. The minimum atomic E-state index is -0.375. The highest BCUT2D eigenvalue weighted by Gasteiger charge is 2.05. The Morgan fingerprint density at radius 1 is 0.947 bits per heavy atom. The maximum absolute atomic E-state index is 9.56. The number of rotatable bonds is 3. The van der Waals surface area contributed by atoms with Crippen LogP contribution >= 0.6 is 22.6 Å². The van der Waals surface area contributed by atoms with Crippen molar-refractivity contribution in [3.63, 3.8) is 0 Å². The van der Waals surface area contributed by atoms with Crippen molar-refractivity contribution >= 4 is 34.5 Å². The Labute approximate surface area is 123 Å². The summed E-state index contributed by atoms with van der Waals surface area (Å²) in [5.41, 5.74) is 3.90. The summed E-state index contributed by atoms with van der Waals surface area (Å²) in [6.07, 6.45) is 1.35. The highest BCUT2D eigenvalue weighted by molar-refractivity contribution is 14.1. The molecule has 0 unspecified atom stereocenters. The molecule has 2 rings (SSSR count). The highest BCUT2D eigenvalue weighted by Crippen LogP contribution is 2.31. The van der Waals surface area contributed by atoms with Crippen molar-refractivity contribution in [3.05, 3.63) is 45.5 Å². The summed E-state index contributed by atoms with van der Waals surface area (Å²) in [5.74, 6) is -0.850. The fourth-order valence-electron chi connectivity index (χ4n) is 1.39. The van der Waals surface area contributed by atoms with Crippen molar-refractivity contribution < 1.29 is 15.3 Å². The molecule has 0 heterocycles. The normalized spacial score (nSPS) is 10.8. The molecular formula is C13H11IN2O3. The van der Waals surface area contributed by atoms with Crippen molar-refractivity contribution in [2.45, 2.75) is 0 Å². The van der Waals surface area contributed by atoms with E-state index < -0.39 is 0 Å². The number of anilines is 1. The molecule has 0 fully saturated rings. The third kappa shape index (κ3) is 3.50. The van der Waals surface area contributed by atoms with Crippen LogP contribution in [0.3, 0.4) is 0 Å². The zero-order chi connectivity index (χ0) is 13.8. The predicted octanol–water partition coefficient (Wildman–Crippen LogP) is 2.85. The van der Waals surface area contributed by atoms with E-state index in [4.69, 9.17) is 0 Å². The largest absolute Gasteiger partial charge is 0.507 e. The molecule has 0 bridgehead atoms. The van der Waals surface area contributed by atoms with Gasteiger partial charge >= 0.3 is 0 Å². The molecule has 0 atom stereocenters. The van der Waals surface area contributed by atoms with Gasteiger partial charge in [0.05, 0.1) is 11.9 Å². The van der Waals surface area contributed by atoms with Gasteiger partial charge in [0, 0.05) is 15.2 Å². The molecule has 0 aliphatic rings. The SMILES string of the molecule is Oc1cc(O)c(C=NNc2ccc(I)cc2)cc1O. The molecule has 2 aromatic rings. The number of nitrogens with one attached hydrogen (secondary N) is 1. The second kappa shape index (κ2) is 5.79. The predicted molar refractivity (Wildman–Crippen MR) is 81.8 cm³/mol. The van der Waals surface area contributed by atoms with E-state index in [9.17, 15) is 15.3 Å². The third-order valence-electron chi connectivity index (χ3n) is 2.37. The summed E-state index contributed by atoms with van der Waals surface area (Å²) in [4.78, 5) is 0. The number of hydrogen-bond donors (Lipinski definition) is 4. The van der Waals surface area contributed by atoms with Crippen molar-refractivity contribution in [2.24, 2.45) is 5.10 Å². The van der Waals surface area contributed by atoms with E-state index in [0.717, 1.165) is 15.3 Å². The molecule has 0 aliphatic heterocycles. The number of hydrazone groups is 1. The van der Waals surface area contributed by atoms with Gasteiger partial charge in [-0.25, -0.2) is 0 Å². The summed E-state index contributed by atoms with van der Waals surface area (Å²) in [7, 11) is 0. The number of benzene rings is 2. The van der Waals surface area contributed by atoms with E-state index in [1.165, 1.54) is 12.3 Å². The van der Waals surface area contributed by atoms with Crippen LogP contribution in [0.5, 0.6) is 17.2 Å². The van der Waals surface area contributed by atoms with Gasteiger partial charge in [-0.2, -0.15) is 5.10 Å². The van der Waals surface area contributed by atoms with Crippen molar-refractivity contribution in [1.29, 1.82) is 0 Å². The molecule has 0 radical (unpaired) electrons. The maximum Gasteiger partial charge on any atom is 0.161 e. The average Bonchev–Trinajstić information content (AvgIpc) is 2.38. The van der Waals surface area contributed by atoms with E-state index in [-0.39, 0.29) is 17.2 Å². The summed E-state index contributed by atoms with van der Waals surface area (Å²) < 4.78 is 1.12.